The van der Waals surface area contributed by atoms with E-state index in [9.17, 15) is 0 Å². The Kier molecular flexibility index (Phi) is 1.81. The van der Waals surface area contributed by atoms with E-state index in [-0.39, 0.29) is 0 Å². The normalized spacial score (nSPS) is 10.7. The SMILES string of the molecule is Clc1cc2occc2cc1I. The van der Waals surface area contributed by atoms with Crippen molar-refractivity contribution in [1.82, 2.24) is 0 Å². The molecular weight excluding hydrogens is 274 g/mol. The molecule has 0 saturated heterocycles. The number of furan rings is 1. The minimum atomic E-state index is 0.744. The third kappa shape index (κ3) is 1.25. The van der Waals surface area contributed by atoms with Gasteiger partial charge in [0.15, 0.2) is 0 Å². The molecule has 0 unspecified atom stereocenters. The first kappa shape index (κ1) is 7.43. The van der Waals surface area contributed by atoms with Crippen molar-refractivity contribution in [1.29, 1.82) is 0 Å². The zero-order valence-electron chi connectivity index (χ0n) is 5.47. The van der Waals surface area contributed by atoms with Crippen molar-refractivity contribution in [2.45, 2.75) is 0 Å². The van der Waals surface area contributed by atoms with E-state index in [0.29, 0.717) is 0 Å². The number of hydrogen-bond acceptors (Lipinski definition) is 1. The average molecular weight is 278 g/mol. The van der Waals surface area contributed by atoms with Gasteiger partial charge >= 0.3 is 0 Å². The number of hydrogen-bond donors (Lipinski definition) is 0. The molecular formula is C8H4ClIO. The number of rotatable bonds is 0. The fourth-order valence-electron chi connectivity index (χ4n) is 0.957. The van der Waals surface area contributed by atoms with Crippen LogP contribution in [0, 0.1) is 3.57 Å². The van der Waals surface area contributed by atoms with E-state index < -0.39 is 0 Å². The summed E-state index contributed by atoms with van der Waals surface area (Å²) < 4.78 is 6.22. The highest BCUT2D eigenvalue weighted by Crippen LogP contribution is 2.25. The Morgan fingerprint density at radius 1 is 1.36 bits per heavy atom. The maximum absolute atomic E-state index is 5.88. The van der Waals surface area contributed by atoms with Gasteiger partial charge in [0, 0.05) is 15.0 Å². The standard InChI is InChI=1S/C8H4ClIO/c9-6-4-8-5(1-2-11-8)3-7(6)10/h1-4H. The summed E-state index contributed by atoms with van der Waals surface area (Å²) in [7, 11) is 0. The molecule has 56 valence electrons. The zero-order chi connectivity index (χ0) is 7.84. The van der Waals surface area contributed by atoms with Gasteiger partial charge in [-0.15, -0.1) is 0 Å². The highest BCUT2D eigenvalue weighted by atomic mass is 127. The van der Waals surface area contributed by atoms with Gasteiger partial charge in [-0.25, -0.2) is 0 Å². The van der Waals surface area contributed by atoms with Crippen molar-refractivity contribution in [2.75, 3.05) is 0 Å². The zero-order valence-corrected chi connectivity index (χ0v) is 8.39. The van der Waals surface area contributed by atoms with E-state index in [1.165, 1.54) is 0 Å². The summed E-state index contributed by atoms with van der Waals surface area (Å²) >= 11 is 8.07. The molecule has 1 nitrogen and oxygen atoms in total. The first-order valence-corrected chi connectivity index (χ1v) is 4.55. The van der Waals surface area contributed by atoms with Crippen LogP contribution >= 0.6 is 34.2 Å². The number of halogens is 2. The summed E-state index contributed by atoms with van der Waals surface area (Å²) in [6.45, 7) is 0. The fourth-order valence-corrected chi connectivity index (χ4v) is 1.60. The quantitative estimate of drug-likeness (QED) is 0.670. The number of benzene rings is 1. The van der Waals surface area contributed by atoms with Gasteiger partial charge in [-0.05, 0) is 34.7 Å². The van der Waals surface area contributed by atoms with Crippen molar-refractivity contribution in [3.8, 4) is 0 Å². The average Bonchev–Trinajstić information content (AvgIpc) is 2.36. The summed E-state index contributed by atoms with van der Waals surface area (Å²) in [5, 5.41) is 1.84. The number of fused-ring (bicyclic) bond motifs is 1. The summed E-state index contributed by atoms with van der Waals surface area (Å²) in [4.78, 5) is 0. The molecule has 2 aromatic rings. The van der Waals surface area contributed by atoms with Crippen LogP contribution in [-0.2, 0) is 0 Å². The molecule has 0 aliphatic carbocycles. The highest BCUT2D eigenvalue weighted by molar-refractivity contribution is 14.1. The maximum atomic E-state index is 5.88. The molecule has 0 aliphatic rings. The molecule has 0 bridgehead atoms. The van der Waals surface area contributed by atoms with Gasteiger partial charge in [0.25, 0.3) is 0 Å². The molecule has 0 fully saturated rings. The van der Waals surface area contributed by atoms with Gasteiger partial charge in [0.05, 0.1) is 11.3 Å². The second-order valence-corrected chi connectivity index (χ2v) is 3.79. The molecule has 0 N–H and O–H groups in total. The van der Waals surface area contributed by atoms with E-state index >= 15 is 0 Å². The first-order chi connectivity index (χ1) is 5.27. The maximum Gasteiger partial charge on any atom is 0.135 e. The van der Waals surface area contributed by atoms with E-state index in [0.717, 1.165) is 19.6 Å². The molecule has 1 heterocycles. The highest BCUT2D eigenvalue weighted by Gasteiger charge is 2.01. The van der Waals surface area contributed by atoms with Crippen molar-refractivity contribution in [2.24, 2.45) is 0 Å². The van der Waals surface area contributed by atoms with Crippen molar-refractivity contribution in [3.63, 3.8) is 0 Å². The Balaban J connectivity index is 2.86. The van der Waals surface area contributed by atoms with Crippen LogP contribution in [0.2, 0.25) is 5.02 Å². The van der Waals surface area contributed by atoms with E-state index in [1.807, 2.05) is 18.2 Å². The summed E-state index contributed by atoms with van der Waals surface area (Å²) in [6.07, 6.45) is 1.66. The summed E-state index contributed by atoms with van der Waals surface area (Å²) in [6, 6.07) is 5.76. The van der Waals surface area contributed by atoms with E-state index in [4.69, 9.17) is 16.0 Å². The molecule has 0 amide bonds. The first-order valence-electron chi connectivity index (χ1n) is 3.09. The van der Waals surface area contributed by atoms with Gasteiger partial charge in [-0.1, -0.05) is 11.6 Å². The molecule has 1 aromatic carbocycles. The largest absolute Gasteiger partial charge is 0.464 e. The van der Waals surface area contributed by atoms with Crippen molar-refractivity contribution < 1.29 is 4.42 Å². The van der Waals surface area contributed by atoms with Crippen LogP contribution in [0.25, 0.3) is 11.0 Å². The van der Waals surface area contributed by atoms with Crippen LogP contribution in [0.4, 0.5) is 0 Å². The van der Waals surface area contributed by atoms with Crippen LogP contribution in [0.3, 0.4) is 0 Å². The van der Waals surface area contributed by atoms with Gasteiger partial charge in [0.2, 0.25) is 0 Å². The van der Waals surface area contributed by atoms with Crippen LogP contribution in [0.15, 0.2) is 28.9 Å². The van der Waals surface area contributed by atoms with Crippen LogP contribution < -0.4 is 0 Å². The van der Waals surface area contributed by atoms with Crippen LogP contribution in [-0.4, -0.2) is 0 Å². The lowest BCUT2D eigenvalue weighted by Crippen LogP contribution is -1.72. The van der Waals surface area contributed by atoms with E-state index in [2.05, 4.69) is 22.6 Å². The predicted molar refractivity (Wildman–Crippen MR) is 53.9 cm³/mol. The Hall–Kier alpha value is -0.220. The molecule has 3 heteroatoms. The molecule has 0 spiro atoms. The van der Waals surface area contributed by atoms with Gasteiger partial charge in [-0.2, -0.15) is 0 Å². The minimum absolute atomic E-state index is 0.744. The third-order valence-electron chi connectivity index (χ3n) is 1.50. The Morgan fingerprint density at radius 2 is 2.18 bits per heavy atom. The second kappa shape index (κ2) is 2.68. The fraction of sp³-hybridized carbons (Fsp3) is 0. The lowest BCUT2D eigenvalue weighted by molar-refractivity contribution is 0.616. The molecule has 0 atom stereocenters. The molecule has 0 aliphatic heterocycles. The molecule has 0 radical (unpaired) electrons. The topological polar surface area (TPSA) is 13.1 Å². The molecule has 11 heavy (non-hydrogen) atoms. The lowest BCUT2D eigenvalue weighted by Gasteiger charge is -1.93. The second-order valence-electron chi connectivity index (χ2n) is 2.22. The van der Waals surface area contributed by atoms with Gasteiger partial charge < -0.3 is 4.42 Å². The minimum Gasteiger partial charge on any atom is -0.464 e. The van der Waals surface area contributed by atoms with Gasteiger partial charge in [-0.3, -0.25) is 0 Å². The predicted octanol–water partition coefficient (Wildman–Crippen LogP) is 3.69. The molecule has 1 aromatic heterocycles. The van der Waals surface area contributed by atoms with Gasteiger partial charge in [0.1, 0.15) is 5.58 Å². The third-order valence-corrected chi connectivity index (χ3v) is 3.02. The Labute approximate surface area is 82.5 Å². The van der Waals surface area contributed by atoms with Crippen molar-refractivity contribution >= 4 is 45.2 Å². The Bertz CT molecular complexity index is 358. The van der Waals surface area contributed by atoms with Crippen LogP contribution in [0.5, 0.6) is 0 Å². The molecule has 2 rings (SSSR count). The Morgan fingerprint density at radius 3 is 3.00 bits per heavy atom. The smallest absolute Gasteiger partial charge is 0.135 e. The van der Waals surface area contributed by atoms with Crippen molar-refractivity contribution in [3.05, 3.63) is 33.1 Å². The summed E-state index contributed by atoms with van der Waals surface area (Å²) in [5.41, 5.74) is 0.843. The van der Waals surface area contributed by atoms with Crippen LogP contribution in [0.1, 0.15) is 0 Å². The molecule has 0 saturated carbocycles. The van der Waals surface area contributed by atoms with E-state index in [1.54, 1.807) is 6.26 Å². The summed E-state index contributed by atoms with van der Waals surface area (Å²) in [5.74, 6) is 0. The lowest BCUT2D eigenvalue weighted by atomic mass is 10.3. The monoisotopic (exact) mass is 278 g/mol.